The molecular formula is C8H10N2O3. The van der Waals surface area contributed by atoms with E-state index in [1.165, 1.54) is 23.1 Å². The molecule has 0 saturated carbocycles. The zero-order valence-electron chi connectivity index (χ0n) is 7.39. The monoisotopic (exact) mass is 182 g/mol. The molecular weight excluding hydrogens is 172 g/mol. The molecule has 0 atom stereocenters. The molecule has 1 aromatic heterocycles. The Kier molecular flexibility index (Phi) is 2.36. The number of carbonyl (C=O) groups excluding carboxylic acids is 1. The van der Waals surface area contributed by atoms with E-state index in [2.05, 4.69) is 0 Å². The number of rotatable bonds is 1. The van der Waals surface area contributed by atoms with E-state index in [1.54, 1.807) is 14.1 Å². The van der Waals surface area contributed by atoms with Crippen molar-refractivity contribution in [1.29, 1.82) is 0 Å². The number of pyridine rings is 1. The van der Waals surface area contributed by atoms with Gasteiger partial charge in [-0.2, -0.15) is 0 Å². The molecule has 0 bridgehead atoms. The smallest absolute Gasteiger partial charge is 0.283 e. The Morgan fingerprint density at radius 2 is 2.08 bits per heavy atom. The molecule has 0 spiro atoms. The minimum absolute atomic E-state index is 0.0440. The van der Waals surface area contributed by atoms with E-state index in [-0.39, 0.29) is 5.69 Å². The highest BCUT2D eigenvalue weighted by molar-refractivity contribution is 5.91. The van der Waals surface area contributed by atoms with Crippen LogP contribution in [0.5, 0.6) is 0 Å². The van der Waals surface area contributed by atoms with Crippen LogP contribution in [0.25, 0.3) is 0 Å². The van der Waals surface area contributed by atoms with Gasteiger partial charge in [-0.1, -0.05) is 6.07 Å². The fourth-order valence-corrected chi connectivity index (χ4v) is 0.872. The molecule has 0 aliphatic carbocycles. The lowest BCUT2D eigenvalue weighted by Gasteiger charge is -2.11. The van der Waals surface area contributed by atoms with Gasteiger partial charge < -0.3 is 10.1 Å². The Bertz CT molecular complexity index is 381. The summed E-state index contributed by atoms with van der Waals surface area (Å²) in [5, 5.41) is 9.17. The number of amides is 1. The lowest BCUT2D eigenvalue weighted by atomic mass is 10.3. The maximum Gasteiger partial charge on any atom is 0.283 e. The third-order valence-electron chi connectivity index (χ3n) is 1.56. The van der Waals surface area contributed by atoms with E-state index in [1.807, 2.05) is 0 Å². The van der Waals surface area contributed by atoms with Crippen LogP contribution in [0.4, 0.5) is 0 Å². The Balaban J connectivity index is 3.23. The Morgan fingerprint density at radius 3 is 2.62 bits per heavy atom. The minimum atomic E-state index is -0.618. The molecule has 0 aliphatic rings. The maximum atomic E-state index is 11.3. The van der Waals surface area contributed by atoms with E-state index < -0.39 is 11.5 Å². The van der Waals surface area contributed by atoms with Gasteiger partial charge in [-0.15, -0.1) is 4.73 Å². The topological polar surface area (TPSA) is 62.5 Å². The van der Waals surface area contributed by atoms with E-state index >= 15 is 0 Å². The molecule has 0 radical (unpaired) electrons. The molecule has 0 fully saturated rings. The van der Waals surface area contributed by atoms with Crippen LogP contribution in [-0.4, -0.2) is 34.8 Å². The number of carbonyl (C=O) groups is 1. The Labute approximate surface area is 74.8 Å². The first kappa shape index (κ1) is 9.31. The summed E-state index contributed by atoms with van der Waals surface area (Å²) in [7, 11) is 3.08. The van der Waals surface area contributed by atoms with Gasteiger partial charge in [0.25, 0.3) is 11.5 Å². The number of hydrogen-bond acceptors (Lipinski definition) is 3. The highest BCUT2D eigenvalue weighted by atomic mass is 16.5. The first-order valence-electron chi connectivity index (χ1n) is 3.67. The predicted molar refractivity (Wildman–Crippen MR) is 45.9 cm³/mol. The van der Waals surface area contributed by atoms with Crippen LogP contribution >= 0.6 is 0 Å². The summed E-state index contributed by atoms with van der Waals surface area (Å²) in [5.41, 5.74) is -0.662. The van der Waals surface area contributed by atoms with Crippen molar-refractivity contribution >= 4 is 5.91 Å². The van der Waals surface area contributed by atoms with Crippen molar-refractivity contribution in [2.24, 2.45) is 0 Å². The summed E-state index contributed by atoms with van der Waals surface area (Å²) in [6.45, 7) is 0. The molecule has 1 N–H and O–H groups in total. The summed E-state index contributed by atoms with van der Waals surface area (Å²) in [6.07, 6.45) is 0. The minimum Gasteiger partial charge on any atom is -0.425 e. The van der Waals surface area contributed by atoms with Crippen LogP contribution in [0.3, 0.4) is 0 Å². The molecule has 1 aromatic rings. The molecule has 5 nitrogen and oxygen atoms in total. The van der Waals surface area contributed by atoms with Gasteiger partial charge in [0.2, 0.25) is 0 Å². The standard InChI is InChI=1S/C8H10N2O3/c1-9(2)8(12)6-4-3-5-7(11)10(6)13/h3-5,13H,1-2H3. The number of nitrogens with zero attached hydrogens (tertiary/aromatic N) is 2. The summed E-state index contributed by atoms with van der Waals surface area (Å²) in [4.78, 5) is 23.5. The summed E-state index contributed by atoms with van der Waals surface area (Å²) >= 11 is 0. The molecule has 1 rings (SSSR count). The van der Waals surface area contributed by atoms with Gasteiger partial charge in [-0.3, -0.25) is 9.59 Å². The SMILES string of the molecule is CN(C)C(=O)c1cccc(=O)n1O. The third kappa shape index (κ3) is 1.69. The van der Waals surface area contributed by atoms with Crippen molar-refractivity contribution in [1.82, 2.24) is 9.63 Å². The largest absolute Gasteiger partial charge is 0.425 e. The lowest BCUT2D eigenvalue weighted by Crippen LogP contribution is -2.30. The molecule has 1 amide bonds. The van der Waals surface area contributed by atoms with Crippen molar-refractivity contribution in [2.45, 2.75) is 0 Å². The van der Waals surface area contributed by atoms with Gasteiger partial charge in [-0.05, 0) is 6.07 Å². The highest BCUT2D eigenvalue weighted by Crippen LogP contribution is 1.97. The van der Waals surface area contributed by atoms with Gasteiger partial charge in [0.05, 0.1) is 0 Å². The first-order valence-corrected chi connectivity index (χ1v) is 3.67. The van der Waals surface area contributed by atoms with Crippen LogP contribution in [0.1, 0.15) is 10.5 Å². The van der Waals surface area contributed by atoms with Crippen molar-refractivity contribution in [2.75, 3.05) is 14.1 Å². The normalized spacial score (nSPS) is 9.69. The molecule has 0 aromatic carbocycles. The van der Waals surface area contributed by atoms with Crippen LogP contribution in [0.2, 0.25) is 0 Å². The van der Waals surface area contributed by atoms with Crippen LogP contribution in [0, 0.1) is 0 Å². The van der Waals surface area contributed by atoms with Crippen molar-refractivity contribution in [3.63, 3.8) is 0 Å². The quantitative estimate of drug-likeness (QED) is 0.611. The van der Waals surface area contributed by atoms with Gasteiger partial charge in [0.1, 0.15) is 5.69 Å². The zero-order valence-corrected chi connectivity index (χ0v) is 7.39. The van der Waals surface area contributed by atoms with Crippen molar-refractivity contribution in [3.8, 4) is 0 Å². The van der Waals surface area contributed by atoms with Gasteiger partial charge in [0, 0.05) is 20.2 Å². The molecule has 13 heavy (non-hydrogen) atoms. The third-order valence-corrected chi connectivity index (χ3v) is 1.56. The molecule has 0 unspecified atom stereocenters. The van der Waals surface area contributed by atoms with E-state index in [0.717, 1.165) is 0 Å². The summed E-state index contributed by atoms with van der Waals surface area (Å²) in [6, 6.07) is 3.97. The molecule has 0 aliphatic heterocycles. The average Bonchev–Trinajstić information content (AvgIpc) is 2.08. The second-order valence-corrected chi connectivity index (χ2v) is 2.76. The van der Waals surface area contributed by atoms with Crippen LogP contribution < -0.4 is 5.56 Å². The average molecular weight is 182 g/mol. The van der Waals surface area contributed by atoms with E-state index in [9.17, 15) is 14.8 Å². The van der Waals surface area contributed by atoms with Crippen LogP contribution in [-0.2, 0) is 0 Å². The lowest BCUT2D eigenvalue weighted by molar-refractivity contribution is 0.0765. The summed E-state index contributed by atoms with van der Waals surface area (Å²) < 4.78 is 0.336. The maximum absolute atomic E-state index is 11.3. The van der Waals surface area contributed by atoms with Gasteiger partial charge in [0.15, 0.2) is 0 Å². The fourth-order valence-electron chi connectivity index (χ4n) is 0.872. The zero-order chi connectivity index (χ0) is 10.0. The first-order chi connectivity index (χ1) is 6.04. The molecule has 70 valence electrons. The fraction of sp³-hybridized carbons (Fsp3) is 0.250. The second-order valence-electron chi connectivity index (χ2n) is 2.76. The summed E-state index contributed by atoms with van der Waals surface area (Å²) in [5.74, 6) is -0.416. The highest BCUT2D eigenvalue weighted by Gasteiger charge is 2.12. The number of aromatic nitrogens is 1. The molecule has 0 saturated heterocycles. The second kappa shape index (κ2) is 3.30. The molecule has 1 heterocycles. The van der Waals surface area contributed by atoms with Crippen molar-refractivity contribution in [3.05, 3.63) is 34.2 Å². The Hall–Kier alpha value is -1.78. The van der Waals surface area contributed by atoms with E-state index in [4.69, 9.17) is 0 Å². The van der Waals surface area contributed by atoms with E-state index in [0.29, 0.717) is 4.73 Å². The van der Waals surface area contributed by atoms with Gasteiger partial charge in [-0.25, -0.2) is 0 Å². The molecule has 5 heteroatoms. The van der Waals surface area contributed by atoms with Gasteiger partial charge >= 0.3 is 0 Å². The Morgan fingerprint density at radius 1 is 1.46 bits per heavy atom. The van der Waals surface area contributed by atoms with Crippen LogP contribution in [0.15, 0.2) is 23.0 Å². The number of hydrogen-bond donors (Lipinski definition) is 1. The van der Waals surface area contributed by atoms with Crippen molar-refractivity contribution < 1.29 is 10.0 Å². The predicted octanol–water partition coefficient (Wildman–Crippen LogP) is -0.213.